The third-order valence-corrected chi connectivity index (χ3v) is 3.93. The van der Waals surface area contributed by atoms with Crippen LogP contribution in [0.5, 0.6) is 0 Å². The second-order valence-electron chi connectivity index (χ2n) is 5.16. The quantitative estimate of drug-likeness (QED) is 0.733. The van der Waals surface area contributed by atoms with Gasteiger partial charge in [0.1, 0.15) is 5.82 Å². The first-order valence-corrected chi connectivity index (χ1v) is 7.82. The molecule has 2 aromatic rings. The summed E-state index contributed by atoms with van der Waals surface area (Å²) in [5.41, 5.74) is 2.92. The Morgan fingerprint density at radius 1 is 1.10 bits per heavy atom. The van der Waals surface area contributed by atoms with Gasteiger partial charge >= 0.3 is 0 Å². The number of rotatable bonds is 6. The highest BCUT2D eigenvalue weighted by atomic mass is 35.5. The number of nitrogens with one attached hydrogen (secondary N) is 1. The largest absolute Gasteiger partial charge is 0.310 e. The molecule has 0 aliphatic rings. The predicted octanol–water partition coefficient (Wildman–Crippen LogP) is 5.60. The first kappa shape index (κ1) is 16.0. The van der Waals surface area contributed by atoms with Crippen molar-refractivity contribution < 1.29 is 4.39 Å². The van der Waals surface area contributed by atoms with E-state index in [9.17, 15) is 4.39 Å². The molecule has 0 saturated carbocycles. The third-order valence-electron chi connectivity index (χ3n) is 3.60. The van der Waals surface area contributed by atoms with Gasteiger partial charge in [0.2, 0.25) is 0 Å². The first-order valence-electron chi connectivity index (χ1n) is 7.44. The van der Waals surface area contributed by atoms with Crippen molar-refractivity contribution in [3.8, 4) is 11.1 Å². The van der Waals surface area contributed by atoms with E-state index in [4.69, 9.17) is 11.6 Å². The van der Waals surface area contributed by atoms with Crippen molar-refractivity contribution in [2.75, 3.05) is 6.54 Å². The van der Waals surface area contributed by atoms with Gasteiger partial charge in [0, 0.05) is 16.6 Å². The molecule has 0 saturated heterocycles. The van der Waals surface area contributed by atoms with E-state index in [1.165, 1.54) is 17.7 Å². The minimum Gasteiger partial charge on any atom is -0.310 e. The lowest BCUT2D eigenvalue weighted by Crippen LogP contribution is -2.21. The van der Waals surface area contributed by atoms with Crippen LogP contribution in [-0.4, -0.2) is 6.54 Å². The van der Waals surface area contributed by atoms with E-state index in [0.29, 0.717) is 11.1 Å². The van der Waals surface area contributed by atoms with Gasteiger partial charge in [0.05, 0.1) is 0 Å². The van der Waals surface area contributed by atoms with Crippen LogP contribution >= 0.6 is 11.6 Å². The fraction of sp³-hybridized carbons (Fsp3) is 0.333. The average Bonchev–Trinajstić information content (AvgIpc) is 2.51. The molecule has 3 heteroatoms. The molecule has 1 unspecified atom stereocenters. The maximum atomic E-state index is 13.4. The zero-order chi connectivity index (χ0) is 15.2. The van der Waals surface area contributed by atoms with Gasteiger partial charge in [-0.25, -0.2) is 4.39 Å². The first-order chi connectivity index (χ1) is 10.2. The molecule has 112 valence electrons. The number of hydrogen-bond acceptors (Lipinski definition) is 1. The van der Waals surface area contributed by atoms with Crippen molar-refractivity contribution in [2.24, 2.45) is 0 Å². The second-order valence-corrected chi connectivity index (χ2v) is 5.57. The summed E-state index contributed by atoms with van der Waals surface area (Å²) in [7, 11) is 0. The van der Waals surface area contributed by atoms with Crippen LogP contribution < -0.4 is 5.32 Å². The molecule has 1 atom stereocenters. The molecule has 0 amide bonds. The summed E-state index contributed by atoms with van der Waals surface area (Å²) in [6.07, 6.45) is 2.16. The van der Waals surface area contributed by atoms with Crippen LogP contribution in [0.3, 0.4) is 0 Å². The second kappa shape index (κ2) is 7.58. The summed E-state index contributed by atoms with van der Waals surface area (Å²) in [6.45, 7) is 5.34. The Hall–Kier alpha value is -1.38. The average molecular weight is 306 g/mol. The Labute approximate surface area is 131 Å². The predicted molar refractivity (Wildman–Crippen MR) is 88.2 cm³/mol. The Morgan fingerprint density at radius 2 is 1.81 bits per heavy atom. The number of benzene rings is 2. The monoisotopic (exact) mass is 305 g/mol. The van der Waals surface area contributed by atoms with E-state index < -0.39 is 0 Å². The summed E-state index contributed by atoms with van der Waals surface area (Å²) in [4.78, 5) is 0. The zero-order valence-electron chi connectivity index (χ0n) is 12.5. The molecule has 0 aliphatic heterocycles. The molecule has 0 aromatic heterocycles. The van der Waals surface area contributed by atoms with E-state index in [1.807, 2.05) is 12.1 Å². The summed E-state index contributed by atoms with van der Waals surface area (Å²) in [5.74, 6) is -0.269. The van der Waals surface area contributed by atoms with Crippen LogP contribution in [0.2, 0.25) is 5.02 Å². The lowest BCUT2D eigenvalue weighted by Gasteiger charge is -2.17. The van der Waals surface area contributed by atoms with Crippen LogP contribution in [-0.2, 0) is 0 Å². The number of halogens is 2. The normalized spacial score (nSPS) is 12.4. The van der Waals surface area contributed by atoms with Crippen LogP contribution in [0.15, 0.2) is 42.5 Å². The van der Waals surface area contributed by atoms with Crippen molar-refractivity contribution in [2.45, 2.75) is 32.7 Å². The van der Waals surface area contributed by atoms with E-state index in [-0.39, 0.29) is 5.82 Å². The standard InChI is InChI=1S/C18H21ClFN/c1-3-11-21-18(4-2)14-7-5-13(6-8-14)16-12-15(20)9-10-17(16)19/h5-10,12,18,21H,3-4,11H2,1-2H3. The van der Waals surface area contributed by atoms with E-state index in [2.05, 4.69) is 31.3 Å². The van der Waals surface area contributed by atoms with Crippen LogP contribution in [0.25, 0.3) is 11.1 Å². The summed E-state index contributed by atoms with van der Waals surface area (Å²) in [6, 6.07) is 13.0. The highest BCUT2D eigenvalue weighted by Gasteiger charge is 2.09. The van der Waals surface area contributed by atoms with E-state index in [1.54, 1.807) is 6.07 Å². The van der Waals surface area contributed by atoms with Gasteiger partial charge < -0.3 is 5.32 Å². The van der Waals surface area contributed by atoms with Crippen LogP contribution in [0, 0.1) is 5.82 Å². The molecular formula is C18H21ClFN. The van der Waals surface area contributed by atoms with E-state index >= 15 is 0 Å². The van der Waals surface area contributed by atoms with Gasteiger partial charge in [-0.15, -0.1) is 0 Å². The Morgan fingerprint density at radius 3 is 2.43 bits per heavy atom. The molecular weight excluding hydrogens is 285 g/mol. The SMILES string of the molecule is CCCNC(CC)c1ccc(-c2cc(F)ccc2Cl)cc1. The van der Waals surface area contributed by atoms with Gasteiger partial charge in [-0.1, -0.05) is 49.7 Å². The third kappa shape index (κ3) is 4.05. The van der Waals surface area contributed by atoms with Gasteiger partial charge in [-0.3, -0.25) is 0 Å². The van der Waals surface area contributed by atoms with Crippen molar-refractivity contribution >= 4 is 11.6 Å². The minimum absolute atomic E-state index is 0.269. The molecule has 21 heavy (non-hydrogen) atoms. The van der Waals surface area contributed by atoms with Gasteiger partial charge in [-0.2, -0.15) is 0 Å². The molecule has 0 aliphatic carbocycles. The molecule has 1 N–H and O–H groups in total. The Balaban J connectivity index is 2.23. The van der Waals surface area contributed by atoms with Crippen molar-refractivity contribution in [3.05, 3.63) is 58.9 Å². The molecule has 0 spiro atoms. The maximum absolute atomic E-state index is 13.4. The van der Waals surface area contributed by atoms with Gasteiger partial charge in [-0.05, 0) is 48.7 Å². The topological polar surface area (TPSA) is 12.0 Å². The zero-order valence-corrected chi connectivity index (χ0v) is 13.3. The minimum atomic E-state index is -0.269. The molecule has 0 bridgehead atoms. The summed E-state index contributed by atoms with van der Waals surface area (Å²) in [5, 5.41) is 4.10. The summed E-state index contributed by atoms with van der Waals surface area (Å²) >= 11 is 6.15. The Bertz CT molecular complexity index is 580. The summed E-state index contributed by atoms with van der Waals surface area (Å²) < 4.78 is 13.4. The smallest absolute Gasteiger partial charge is 0.123 e. The van der Waals surface area contributed by atoms with Crippen LogP contribution in [0.4, 0.5) is 4.39 Å². The molecule has 0 radical (unpaired) electrons. The van der Waals surface area contributed by atoms with Crippen molar-refractivity contribution in [1.29, 1.82) is 0 Å². The van der Waals surface area contributed by atoms with Crippen molar-refractivity contribution in [3.63, 3.8) is 0 Å². The lowest BCUT2D eigenvalue weighted by atomic mass is 9.99. The molecule has 0 heterocycles. The van der Waals surface area contributed by atoms with Gasteiger partial charge in [0.25, 0.3) is 0 Å². The highest BCUT2D eigenvalue weighted by Crippen LogP contribution is 2.29. The maximum Gasteiger partial charge on any atom is 0.123 e. The van der Waals surface area contributed by atoms with Gasteiger partial charge in [0.15, 0.2) is 0 Å². The molecule has 2 rings (SSSR count). The fourth-order valence-electron chi connectivity index (χ4n) is 2.43. The molecule has 1 nitrogen and oxygen atoms in total. The molecule has 0 fully saturated rings. The number of hydrogen-bond donors (Lipinski definition) is 1. The fourth-order valence-corrected chi connectivity index (χ4v) is 2.66. The molecule has 2 aromatic carbocycles. The Kier molecular flexibility index (Phi) is 5.77. The lowest BCUT2D eigenvalue weighted by molar-refractivity contribution is 0.518. The highest BCUT2D eigenvalue weighted by molar-refractivity contribution is 6.33. The van der Waals surface area contributed by atoms with Crippen LogP contribution in [0.1, 0.15) is 38.3 Å². The van der Waals surface area contributed by atoms with Crippen molar-refractivity contribution in [1.82, 2.24) is 5.32 Å². The van der Waals surface area contributed by atoms with E-state index in [0.717, 1.165) is 30.5 Å².